The number of aliphatic carboxylic acids is 1. The van der Waals surface area contributed by atoms with E-state index in [4.69, 9.17) is 10.2 Å². The molecule has 1 rings (SSSR count). The van der Waals surface area contributed by atoms with Crippen molar-refractivity contribution in [3.63, 3.8) is 0 Å². The standard InChI is InChI=1S/C13H18N2O6S/c1-8(12(16)17)7-15(2)11-5-4-9(22(14,19)20)6-10(11)13(18)21-3/h4-6,8H,7H2,1-3H3,(H,16,17)(H2,14,19,20). The topological polar surface area (TPSA) is 127 Å². The number of ether oxygens (including phenoxy) is 1. The third kappa shape index (κ3) is 4.18. The Hall–Kier alpha value is -2.13. The number of primary sulfonamides is 1. The number of carbonyl (C=O) groups is 2. The summed E-state index contributed by atoms with van der Waals surface area (Å²) in [4.78, 5) is 24.1. The van der Waals surface area contributed by atoms with Gasteiger partial charge in [0.2, 0.25) is 10.0 Å². The number of hydrogen-bond donors (Lipinski definition) is 2. The molecule has 1 atom stereocenters. The molecule has 0 fully saturated rings. The number of esters is 1. The lowest BCUT2D eigenvalue weighted by molar-refractivity contribution is -0.140. The molecule has 0 spiro atoms. The molecule has 0 heterocycles. The molecule has 0 aliphatic rings. The number of hydrogen-bond acceptors (Lipinski definition) is 6. The second-order valence-corrected chi connectivity index (χ2v) is 6.40. The number of nitrogens with two attached hydrogens (primary N) is 1. The minimum absolute atomic E-state index is 0.00545. The van der Waals surface area contributed by atoms with Crippen molar-refractivity contribution in [1.29, 1.82) is 0 Å². The van der Waals surface area contributed by atoms with Gasteiger partial charge in [-0.3, -0.25) is 4.79 Å². The van der Waals surface area contributed by atoms with E-state index in [2.05, 4.69) is 4.74 Å². The van der Waals surface area contributed by atoms with E-state index in [1.54, 1.807) is 7.05 Å². The molecule has 1 unspecified atom stereocenters. The van der Waals surface area contributed by atoms with Crippen molar-refractivity contribution in [2.45, 2.75) is 11.8 Å². The largest absolute Gasteiger partial charge is 0.481 e. The van der Waals surface area contributed by atoms with Gasteiger partial charge in [0.15, 0.2) is 0 Å². The van der Waals surface area contributed by atoms with E-state index in [0.29, 0.717) is 5.69 Å². The number of carboxylic acids is 1. The monoisotopic (exact) mass is 330 g/mol. The summed E-state index contributed by atoms with van der Waals surface area (Å²) in [5.74, 6) is -2.39. The van der Waals surface area contributed by atoms with E-state index in [-0.39, 0.29) is 17.0 Å². The van der Waals surface area contributed by atoms with Crippen molar-refractivity contribution in [1.82, 2.24) is 0 Å². The predicted octanol–water partition coefficient (Wildman–Crippen LogP) is 0.278. The average molecular weight is 330 g/mol. The van der Waals surface area contributed by atoms with Gasteiger partial charge >= 0.3 is 11.9 Å². The normalized spacial score (nSPS) is 12.5. The highest BCUT2D eigenvalue weighted by atomic mass is 32.2. The zero-order valence-corrected chi connectivity index (χ0v) is 13.3. The van der Waals surface area contributed by atoms with Gasteiger partial charge in [0, 0.05) is 13.6 Å². The summed E-state index contributed by atoms with van der Waals surface area (Å²) in [6.07, 6.45) is 0. The van der Waals surface area contributed by atoms with Crippen LogP contribution in [0, 0.1) is 5.92 Å². The molecule has 8 nitrogen and oxygen atoms in total. The van der Waals surface area contributed by atoms with Crippen molar-refractivity contribution in [3.05, 3.63) is 23.8 Å². The quantitative estimate of drug-likeness (QED) is 0.717. The van der Waals surface area contributed by atoms with Crippen LogP contribution in [0.2, 0.25) is 0 Å². The molecule has 0 bridgehead atoms. The number of methoxy groups -OCH3 is 1. The molecule has 1 aromatic carbocycles. The van der Waals surface area contributed by atoms with Crippen molar-refractivity contribution in [3.8, 4) is 0 Å². The molecule has 0 aromatic heterocycles. The molecule has 22 heavy (non-hydrogen) atoms. The summed E-state index contributed by atoms with van der Waals surface area (Å²) in [7, 11) is -1.21. The van der Waals surface area contributed by atoms with Crippen LogP contribution in [0.4, 0.5) is 5.69 Å². The Bertz CT molecular complexity index is 686. The fraction of sp³-hybridized carbons (Fsp3) is 0.385. The van der Waals surface area contributed by atoms with Gasteiger partial charge in [-0.05, 0) is 18.2 Å². The smallest absolute Gasteiger partial charge is 0.340 e. The molecule has 0 saturated heterocycles. The van der Waals surface area contributed by atoms with E-state index >= 15 is 0 Å². The zero-order chi connectivity index (χ0) is 17.1. The summed E-state index contributed by atoms with van der Waals surface area (Å²) in [5, 5.41) is 14.0. The maximum atomic E-state index is 11.8. The van der Waals surface area contributed by atoms with Crippen LogP contribution >= 0.6 is 0 Å². The van der Waals surface area contributed by atoms with E-state index in [0.717, 1.165) is 13.2 Å². The minimum Gasteiger partial charge on any atom is -0.481 e. The van der Waals surface area contributed by atoms with Crippen LogP contribution < -0.4 is 10.0 Å². The number of anilines is 1. The zero-order valence-electron chi connectivity index (χ0n) is 12.4. The maximum Gasteiger partial charge on any atom is 0.340 e. The molecule has 0 aliphatic carbocycles. The first-order chi connectivity index (χ1) is 10.1. The van der Waals surface area contributed by atoms with Gasteiger partial charge in [-0.2, -0.15) is 0 Å². The highest BCUT2D eigenvalue weighted by Crippen LogP contribution is 2.24. The minimum atomic E-state index is -3.97. The van der Waals surface area contributed by atoms with Gasteiger partial charge in [-0.15, -0.1) is 0 Å². The Morgan fingerprint density at radius 3 is 2.45 bits per heavy atom. The summed E-state index contributed by atoms with van der Waals surface area (Å²) >= 11 is 0. The Labute approximate surface area is 128 Å². The van der Waals surface area contributed by atoms with Crippen LogP contribution in [0.25, 0.3) is 0 Å². The Balaban J connectivity index is 3.29. The molecule has 1 aromatic rings. The molecule has 0 amide bonds. The number of nitrogens with zero attached hydrogens (tertiary/aromatic N) is 1. The fourth-order valence-electron chi connectivity index (χ4n) is 1.89. The van der Waals surface area contributed by atoms with Crippen molar-refractivity contribution in [2.24, 2.45) is 11.1 Å². The highest BCUT2D eigenvalue weighted by molar-refractivity contribution is 7.89. The molecule has 0 aliphatic heterocycles. The molecular weight excluding hydrogens is 312 g/mol. The van der Waals surface area contributed by atoms with Gasteiger partial charge < -0.3 is 14.7 Å². The van der Waals surface area contributed by atoms with Gasteiger partial charge in [0.1, 0.15) is 0 Å². The number of carboxylic acid groups (broad SMARTS) is 1. The van der Waals surface area contributed by atoms with Gasteiger partial charge in [-0.1, -0.05) is 6.92 Å². The van der Waals surface area contributed by atoms with Crippen LogP contribution in [0.1, 0.15) is 17.3 Å². The summed E-state index contributed by atoms with van der Waals surface area (Å²) in [5.41, 5.74) is 0.349. The Morgan fingerprint density at radius 1 is 1.41 bits per heavy atom. The van der Waals surface area contributed by atoms with Crippen molar-refractivity contribution in [2.75, 3.05) is 25.6 Å². The fourth-order valence-corrected chi connectivity index (χ4v) is 2.43. The number of rotatable bonds is 6. The Morgan fingerprint density at radius 2 is 2.00 bits per heavy atom. The third-order valence-electron chi connectivity index (χ3n) is 3.08. The van der Waals surface area contributed by atoms with Gasteiger partial charge in [0.25, 0.3) is 0 Å². The lowest BCUT2D eigenvalue weighted by Gasteiger charge is -2.23. The molecule has 122 valence electrons. The summed E-state index contributed by atoms with van der Waals surface area (Å²) in [6, 6.07) is 3.75. The molecule has 3 N–H and O–H groups in total. The molecule has 9 heteroatoms. The average Bonchev–Trinajstić information content (AvgIpc) is 2.44. The Kier molecular flexibility index (Phi) is 5.50. The highest BCUT2D eigenvalue weighted by Gasteiger charge is 2.21. The third-order valence-corrected chi connectivity index (χ3v) is 3.99. The van der Waals surface area contributed by atoms with E-state index in [9.17, 15) is 18.0 Å². The van der Waals surface area contributed by atoms with Crippen molar-refractivity contribution < 1.29 is 27.9 Å². The predicted molar refractivity (Wildman–Crippen MR) is 79.2 cm³/mol. The second kappa shape index (κ2) is 6.75. The van der Waals surface area contributed by atoms with Gasteiger partial charge in [-0.25, -0.2) is 18.4 Å². The molecule has 0 radical (unpaired) electrons. The summed E-state index contributed by atoms with van der Waals surface area (Å²) < 4.78 is 27.4. The second-order valence-electron chi connectivity index (χ2n) is 4.84. The van der Waals surface area contributed by atoms with E-state index in [1.165, 1.54) is 24.0 Å². The van der Waals surface area contributed by atoms with Crippen LogP contribution in [0.3, 0.4) is 0 Å². The van der Waals surface area contributed by atoms with Crippen LogP contribution in [-0.2, 0) is 19.6 Å². The van der Waals surface area contributed by atoms with Crippen LogP contribution in [-0.4, -0.2) is 46.2 Å². The number of carbonyl (C=O) groups excluding carboxylic acids is 1. The molecule has 0 saturated carbocycles. The number of benzene rings is 1. The van der Waals surface area contributed by atoms with E-state index in [1.807, 2.05) is 0 Å². The SMILES string of the molecule is COC(=O)c1cc(S(N)(=O)=O)ccc1N(C)CC(C)C(=O)O. The lowest BCUT2D eigenvalue weighted by Crippen LogP contribution is -2.29. The van der Waals surface area contributed by atoms with Gasteiger partial charge in [0.05, 0.1) is 29.2 Å². The first kappa shape index (κ1) is 17.9. The van der Waals surface area contributed by atoms with Crippen LogP contribution in [0.15, 0.2) is 23.1 Å². The van der Waals surface area contributed by atoms with E-state index < -0.39 is 27.9 Å². The maximum absolute atomic E-state index is 11.8. The van der Waals surface area contributed by atoms with Crippen LogP contribution in [0.5, 0.6) is 0 Å². The first-order valence-electron chi connectivity index (χ1n) is 6.27. The first-order valence-corrected chi connectivity index (χ1v) is 7.81. The number of sulfonamides is 1. The summed E-state index contributed by atoms with van der Waals surface area (Å²) in [6.45, 7) is 1.66. The molecular formula is C13H18N2O6S. The van der Waals surface area contributed by atoms with Crippen molar-refractivity contribution >= 4 is 27.6 Å². The lowest BCUT2D eigenvalue weighted by atomic mass is 10.1.